The zero-order valence-electron chi connectivity index (χ0n) is 16.1. The van der Waals surface area contributed by atoms with E-state index in [4.69, 9.17) is 4.74 Å². The summed E-state index contributed by atoms with van der Waals surface area (Å²) in [6, 6.07) is 4.33. The fourth-order valence-electron chi connectivity index (χ4n) is 3.55. The fraction of sp³-hybridized carbons (Fsp3) is 0.579. The third kappa shape index (κ3) is 5.69. The van der Waals surface area contributed by atoms with Crippen LogP contribution < -0.4 is 5.32 Å². The van der Waals surface area contributed by atoms with Gasteiger partial charge in [-0.15, -0.1) is 24.0 Å². The molecule has 0 unspecified atom stereocenters. The molecule has 2 N–H and O–H groups in total. The van der Waals surface area contributed by atoms with Gasteiger partial charge in [0.1, 0.15) is 0 Å². The quantitative estimate of drug-likeness (QED) is 0.372. The molecule has 0 aliphatic carbocycles. The van der Waals surface area contributed by atoms with Gasteiger partial charge in [0, 0.05) is 45.7 Å². The number of halogens is 2. The lowest BCUT2D eigenvalue weighted by Crippen LogP contribution is -2.49. The van der Waals surface area contributed by atoms with E-state index in [9.17, 15) is 14.3 Å². The van der Waals surface area contributed by atoms with E-state index in [2.05, 4.69) is 15.2 Å². The summed E-state index contributed by atoms with van der Waals surface area (Å²) in [5.41, 5.74) is 0.726. The van der Waals surface area contributed by atoms with Crippen molar-refractivity contribution in [3.63, 3.8) is 0 Å². The highest BCUT2D eigenvalue weighted by Crippen LogP contribution is 2.21. The molecule has 0 saturated carbocycles. The van der Waals surface area contributed by atoms with Crippen molar-refractivity contribution in [2.75, 3.05) is 46.4 Å². The molecule has 2 saturated heterocycles. The van der Waals surface area contributed by atoms with Crippen molar-refractivity contribution in [2.45, 2.75) is 19.4 Å². The van der Waals surface area contributed by atoms with E-state index in [0.29, 0.717) is 32.8 Å². The van der Waals surface area contributed by atoms with Crippen molar-refractivity contribution >= 4 is 35.8 Å². The lowest BCUT2D eigenvalue weighted by molar-refractivity contribution is -0.140. The topological polar surface area (TPSA) is 77.4 Å². The Labute approximate surface area is 182 Å². The summed E-state index contributed by atoms with van der Waals surface area (Å²) in [4.78, 5) is 21.0. The number of aliphatic imine (C=N–C) groups is 1. The number of guanidine groups is 1. The van der Waals surface area contributed by atoms with E-state index in [1.54, 1.807) is 13.1 Å². The number of aromatic hydroxyl groups is 1. The Morgan fingerprint density at radius 3 is 2.54 bits per heavy atom. The van der Waals surface area contributed by atoms with Crippen LogP contribution in [0.4, 0.5) is 4.39 Å². The molecule has 0 atom stereocenters. The number of phenols is 1. The van der Waals surface area contributed by atoms with Gasteiger partial charge in [0.15, 0.2) is 17.5 Å². The molecule has 2 aliphatic heterocycles. The number of likely N-dealkylation sites (tertiary alicyclic amines) is 1. The molecule has 9 heteroatoms. The van der Waals surface area contributed by atoms with Crippen LogP contribution >= 0.6 is 24.0 Å². The third-order valence-corrected chi connectivity index (χ3v) is 5.14. The first-order valence-corrected chi connectivity index (χ1v) is 9.38. The second-order valence-corrected chi connectivity index (χ2v) is 6.89. The van der Waals surface area contributed by atoms with Gasteiger partial charge in [0.2, 0.25) is 5.91 Å². The van der Waals surface area contributed by atoms with Crippen LogP contribution in [0.2, 0.25) is 0 Å². The first-order valence-electron chi connectivity index (χ1n) is 9.38. The lowest BCUT2D eigenvalue weighted by atomic mass is 9.95. The number of hydrogen-bond donors (Lipinski definition) is 2. The number of nitrogens with zero attached hydrogens (tertiary/aromatic N) is 3. The molecule has 0 radical (unpaired) electrons. The number of ether oxygens (including phenoxy) is 1. The normalized spacial score (nSPS) is 18.6. The molecule has 0 aromatic heterocycles. The first-order chi connectivity index (χ1) is 13.1. The number of phenolic OH excluding ortho intramolecular Hbond substituents is 1. The van der Waals surface area contributed by atoms with Gasteiger partial charge in [-0.05, 0) is 30.5 Å². The Morgan fingerprint density at radius 2 is 1.93 bits per heavy atom. The number of amides is 1. The van der Waals surface area contributed by atoms with Gasteiger partial charge in [-0.25, -0.2) is 4.39 Å². The summed E-state index contributed by atoms with van der Waals surface area (Å²) >= 11 is 0. The second-order valence-electron chi connectivity index (χ2n) is 6.89. The molecule has 2 heterocycles. The molecule has 156 valence electrons. The van der Waals surface area contributed by atoms with Gasteiger partial charge >= 0.3 is 0 Å². The molecule has 1 amide bonds. The molecule has 1 aromatic carbocycles. The van der Waals surface area contributed by atoms with Gasteiger partial charge in [-0.3, -0.25) is 9.79 Å². The Hall–Kier alpha value is -1.62. The van der Waals surface area contributed by atoms with Crippen LogP contribution in [0.5, 0.6) is 5.75 Å². The number of piperidine rings is 1. The molecule has 0 spiro atoms. The largest absolute Gasteiger partial charge is 0.505 e. The molecule has 7 nitrogen and oxygen atoms in total. The highest BCUT2D eigenvalue weighted by atomic mass is 127. The summed E-state index contributed by atoms with van der Waals surface area (Å²) in [6.07, 6.45) is 1.59. The van der Waals surface area contributed by atoms with Crippen molar-refractivity contribution in [3.05, 3.63) is 29.6 Å². The van der Waals surface area contributed by atoms with Gasteiger partial charge in [-0.1, -0.05) is 6.07 Å². The van der Waals surface area contributed by atoms with Crippen molar-refractivity contribution in [1.82, 2.24) is 15.1 Å². The summed E-state index contributed by atoms with van der Waals surface area (Å²) < 4.78 is 18.8. The molecular weight excluding hydrogens is 478 g/mol. The third-order valence-electron chi connectivity index (χ3n) is 5.14. The van der Waals surface area contributed by atoms with Gasteiger partial charge in [0.05, 0.1) is 13.2 Å². The fourth-order valence-corrected chi connectivity index (χ4v) is 3.55. The van der Waals surface area contributed by atoms with Gasteiger partial charge < -0.3 is 25.0 Å². The Balaban J connectivity index is 0.00000280. The molecule has 3 rings (SSSR count). The SMILES string of the molecule is CN=C(NCc1ccc(O)c(F)c1)N1CCC(C(=O)N2CCOCC2)CC1.I. The Kier molecular flexibility index (Phi) is 8.74. The van der Waals surface area contributed by atoms with Gasteiger partial charge in [-0.2, -0.15) is 0 Å². The van der Waals surface area contributed by atoms with Crippen LogP contribution in [0.1, 0.15) is 18.4 Å². The number of rotatable bonds is 3. The van der Waals surface area contributed by atoms with Crippen LogP contribution in [0.25, 0.3) is 0 Å². The molecular formula is C19H28FIN4O3. The number of carbonyl (C=O) groups excluding carboxylic acids is 1. The zero-order chi connectivity index (χ0) is 19.2. The van der Waals surface area contributed by atoms with E-state index < -0.39 is 5.82 Å². The van der Waals surface area contributed by atoms with E-state index in [-0.39, 0.29) is 41.6 Å². The van der Waals surface area contributed by atoms with E-state index in [1.165, 1.54) is 12.1 Å². The Morgan fingerprint density at radius 1 is 1.25 bits per heavy atom. The highest BCUT2D eigenvalue weighted by Gasteiger charge is 2.30. The predicted molar refractivity (Wildman–Crippen MR) is 115 cm³/mol. The van der Waals surface area contributed by atoms with Crippen molar-refractivity contribution < 1.29 is 19.0 Å². The van der Waals surface area contributed by atoms with Crippen LogP contribution in [0.3, 0.4) is 0 Å². The van der Waals surface area contributed by atoms with E-state index in [0.717, 1.165) is 37.5 Å². The van der Waals surface area contributed by atoms with Crippen LogP contribution in [0.15, 0.2) is 23.2 Å². The molecule has 0 bridgehead atoms. The lowest BCUT2D eigenvalue weighted by Gasteiger charge is -2.36. The summed E-state index contributed by atoms with van der Waals surface area (Å²) in [7, 11) is 1.71. The van der Waals surface area contributed by atoms with Gasteiger partial charge in [0.25, 0.3) is 0 Å². The molecule has 2 aliphatic rings. The monoisotopic (exact) mass is 506 g/mol. The minimum Gasteiger partial charge on any atom is -0.505 e. The summed E-state index contributed by atoms with van der Waals surface area (Å²) in [5, 5.41) is 12.5. The molecule has 28 heavy (non-hydrogen) atoms. The average Bonchev–Trinajstić information content (AvgIpc) is 2.71. The first kappa shape index (κ1) is 22.7. The smallest absolute Gasteiger partial charge is 0.225 e. The maximum absolute atomic E-state index is 13.5. The standard InChI is InChI=1S/C19H27FN4O3.HI/c1-21-19(22-13-14-2-3-17(25)16(20)12-14)24-6-4-15(5-7-24)18(26)23-8-10-27-11-9-23;/h2-3,12,15,25H,4-11,13H2,1H3,(H,21,22);1H. The van der Waals surface area contributed by atoms with E-state index in [1.807, 2.05) is 4.90 Å². The van der Waals surface area contributed by atoms with E-state index >= 15 is 0 Å². The Bertz CT molecular complexity index is 690. The number of morpholine rings is 1. The highest BCUT2D eigenvalue weighted by molar-refractivity contribution is 14.0. The minimum absolute atomic E-state index is 0. The average molecular weight is 506 g/mol. The van der Waals surface area contributed by atoms with Crippen LogP contribution in [-0.2, 0) is 16.1 Å². The van der Waals surface area contributed by atoms with Crippen molar-refractivity contribution in [1.29, 1.82) is 0 Å². The molecule has 1 aromatic rings. The summed E-state index contributed by atoms with van der Waals surface area (Å²) in [5.74, 6) is 0.0479. The maximum atomic E-state index is 13.5. The van der Waals surface area contributed by atoms with Crippen molar-refractivity contribution in [3.8, 4) is 5.75 Å². The summed E-state index contributed by atoms with van der Waals surface area (Å²) in [6.45, 7) is 4.54. The van der Waals surface area contributed by atoms with Crippen LogP contribution in [-0.4, -0.2) is 73.2 Å². The maximum Gasteiger partial charge on any atom is 0.225 e. The number of nitrogens with one attached hydrogen (secondary N) is 1. The van der Waals surface area contributed by atoms with Crippen molar-refractivity contribution in [2.24, 2.45) is 10.9 Å². The molecule has 2 fully saturated rings. The minimum atomic E-state index is -0.633. The van der Waals surface area contributed by atoms with Crippen LogP contribution in [0, 0.1) is 11.7 Å². The second kappa shape index (κ2) is 10.8. The zero-order valence-corrected chi connectivity index (χ0v) is 18.4. The number of benzene rings is 1. The predicted octanol–water partition coefficient (Wildman–Crippen LogP) is 1.80. The number of carbonyl (C=O) groups is 1. The number of hydrogen-bond acceptors (Lipinski definition) is 4.